The van der Waals surface area contributed by atoms with Gasteiger partial charge in [-0.25, -0.2) is 0 Å². The molecule has 0 heterocycles. The summed E-state index contributed by atoms with van der Waals surface area (Å²) in [5.41, 5.74) is 8.98. The number of nitrogens with two attached hydrogens (primary N) is 1. The smallest absolute Gasteiger partial charge is 0.236 e. The van der Waals surface area contributed by atoms with E-state index < -0.39 is 0 Å². The second kappa shape index (κ2) is 7.25. The zero-order valence-corrected chi connectivity index (χ0v) is 14.2. The number of aryl methyl sites for hydroxylation is 1. The highest BCUT2D eigenvalue weighted by Gasteiger charge is 2.33. The van der Waals surface area contributed by atoms with Crippen molar-refractivity contribution in [1.82, 2.24) is 9.80 Å². The van der Waals surface area contributed by atoms with Gasteiger partial charge in [-0.1, -0.05) is 29.8 Å². The van der Waals surface area contributed by atoms with Crippen molar-refractivity contribution in [3.63, 3.8) is 0 Å². The average Bonchev–Trinajstić information content (AvgIpc) is 2.46. The number of amides is 1. The highest BCUT2D eigenvalue weighted by Crippen LogP contribution is 2.34. The van der Waals surface area contributed by atoms with Gasteiger partial charge in [0.05, 0.1) is 6.54 Å². The molecule has 0 aliphatic heterocycles. The van der Waals surface area contributed by atoms with Crippen LogP contribution in [0.15, 0.2) is 24.3 Å². The molecule has 1 amide bonds. The van der Waals surface area contributed by atoms with E-state index in [1.54, 1.807) is 0 Å². The molecular weight excluding hydrogens is 274 g/mol. The molecule has 0 unspecified atom stereocenters. The molecule has 0 bridgehead atoms. The van der Waals surface area contributed by atoms with Gasteiger partial charge in [-0.15, -0.1) is 0 Å². The summed E-state index contributed by atoms with van der Waals surface area (Å²) in [6.45, 7) is 2.57. The van der Waals surface area contributed by atoms with Crippen LogP contribution in [0.1, 0.15) is 36.3 Å². The summed E-state index contributed by atoms with van der Waals surface area (Å²) < 4.78 is 0. The van der Waals surface area contributed by atoms with E-state index in [4.69, 9.17) is 5.73 Å². The minimum absolute atomic E-state index is 0.0807. The van der Waals surface area contributed by atoms with E-state index in [0.29, 0.717) is 12.5 Å². The first-order chi connectivity index (χ1) is 10.4. The molecule has 1 aromatic carbocycles. The van der Waals surface area contributed by atoms with E-state index in [0.717, 1.165) is 19.3 Å². The van der Waals surface area contributed by atoms with Crippen molar-refractivity contribution < 1.29 is 4.79 Å². The molecule has 4 nitrogen and oxygen atoms in total. The van der Waals surface area contributed by atoms with Gasteiger partial charge in [0.15, 0.2) is 0 Å². The number of likely N-dealkylation sites (N-methyl/N-ethyl adjacent to an activating group) is 2. The van der Waals surface area contributed by atoms with Crippen LogP contribution in [-0.4, -0.2) is 55.5 Å². The van der Waals surface area contributed by atoms with Gasteiger partial charge in [0.2, 0.25) is 5.91 Å². The van der Waals surface area contributed by atoms with Gasteiger partial charge in [0, 0.05) is 19.1 Å². The van der Waals surface area contributed by atoms with E-state index in [2.05, 4.69) is 31.2 Å². The number of rotatable bonds is 4. The minimum Gasteiger partial charge on any atom is -0.340 e. The van der Waals surface area contributed by atoms with E-state index in [1.807, 2.05) is 30.9 Å². The summed E-state index contributed by atoms with van der Waals surface area (Å²) >= 11 is 0. The van der Waals surface area contributed by atoms with Crippen molar-refractivity contribution in [2.75, 3.05) is 27.7 Å². The number of hydrogen-bond acceptors (Lipinski definition) is 3. The van der Waals surface area contributed by atoms with E-state index >= 15 is 0 Å². The quantitative estimate of drug-likeness (QED) is 0.925. The van der Waals surface area contributed by atoms with Gasteiger partial charge >= 0.3 is 0 Å². The lowest BCUT2D eigenvalue weighted by Crippen LogP contribution is -2.53. The molecule has 122 valence electrons. The van der Waals surface area contributed by atoms with Crippen LogP contribution >= 0.6 is 0 Å². The second-order valence-corrected chi connectivity index (χ2v) is 6.90. The van der Waals surface area contributed by atoms with Crippen LogP contribution in [0, 0.1) is 6.92 Å². The third-order valence-electron chi connectivity index (χ3n) is 4.72. The molecule has 0 aromatic heterocycles. The first kappa shape index (κ1) is 17.0. The predicted molar refractivity (Wildman–Crippen MR) is 90.9 cm³/mol. The Labute approximate surface area is 134 Å². The van der Waals surface area contributed by atoms with Crippen LogP contribution in [0.5, 0.6) is 0 Å². The summed E-state index contributed by atoms with van der Waals surface area (Å²) in [7, 11) is 5.74. The van der Waals surface area contributed by atoms with Crippen molar-refractivity contribution in [2.24, 2.45) is 5.73 Å². The molecule has 22 heavy (non-hydrogen) atoms. The summed E-state index contributed by atoms with van der Waals surface area (Å²) in [6, 6.07) is 8.93. The van der Waals surface area contributed by atoms with Crippen LogP contribution in [-0.2, 0) is 4.79 Å². The van der Waals surface area contributed by atoms with E-state index in [-0.39, 0.29) is 18.0 Å². The van der Waals surface area contributed by atoms with Gasteiger partial charge < -0.3 is 15.5 Å². The molecular formula is C18H29N3O. The Kier molecular flexibility index (Phi) is 5.59. The Morgan fingerprint density at radius 1 is 1.27 bits per heavy atom. The zero-order chi connectivity index (χ0) is 16.3. The van der Waals surface area contributed by atoms with Gasteiger partial charge in [-0.05, 0) is 51.8 Å². The fourth-order valence-electron chi connectivity index (χ4n) is 3.41. The molecule has 1 aliphatic carbocycles. The second-order valence-electron chi connectivity index (χ2n) is 6.90. The van der Waals surface area contributed by atoms with Gasteiger partial charge in [0.25, 0.3) is 0 Å². The number of carbonyl (C=O) groups is 1. The van der Waals surface area contributed by atoms with Crippen molar-refractivity contribution in [3.05, 3.63) is 35.4 Å². The lowest BCUT2D eigenvalue weighted by atomic mass is 9.78. The number of hydrogen-bond donors (Lipinski definition) is 1. The maximum Gasteiger partial charge on any atom is 0.236 e. The number of benzene rings is 1. The third-order valence-corrected chi connectivity index (χ3v) is 4.72. The van der Waals surface area contributed by atoms with Gasteiger partial charge in [-0.2, -0.15) is 0 Å². The molecule has 0 saturated heterocycles. The molecule has 2 rings (SSSR count). The largest absolute Gasteiger partial charge is 0.340 e. The van der Waals surface area contributed by atoms with Crippen LogP contribution in [0.25, 0.3) is 0 Å². The molecule has 2 N–H and O–H groups in total. The monoisotopic (exact) mass is 303 g/mol. The van der Waals surface area contributed by atoms with Gasteiger partial charge in [-0.3, -0.25) is 4.79 Å². The normalized spacial score (nSPS) is 25.3. The van der Waals surface area contributed by atoms with Gasteiger partial charge in [0.1, 0.15) is 0 Å². The lowest BCUT2D eigenvalue weighted by Gasteiger charge is -2.40. The molecule has 0 radical (unpaired) electrons. The minimum atomic E-state index is 0.0807. The van der Waals surface area contributed by atoms with Crippen molar-refractivity contribution in [3.8, 4) is 0 Å². The highest BCUT2D eigenvalue weighted by molar-refractivity contribution is 5.78. The topological polar surface area (TPSA) is 49.6 Å². The molecule has 4 heteroatoms. The Morgan fingerprint density at radius 2 is 2.00 bits per heavy atom. The van der Waals surface area contributed by atoms with E-state index in [9.17, 15) is 4.79 Å². The fourth-order valence-corrected chi connectivity index (χ4v) is 3.41. The molecule has 0 spiro atoms. The molecule has 1 saturated carbocycles. The fraction of sp³-hybridized carbons (Fsp3) is 0.611. The van der Waals surface area contributed by atoms with Crippen molar-refractivity contribution in [2.45, 2.75) is 44.2 Å². The lowest BCUT2D eigenvalue weighted by molar-refractivity contribution is -0.133. The average molecular weight is 303 g/mol. The van der Waals surface area contributed by atoms with Crippen LogP contribution < -0.4 is 5.73 Å². The first-order valence-corrected chi connectivity index (χ1v) is 8.11. The maximum atomic E-state index is 12.3. The Hall–Kier alpha value is -1.39. The number of carbonyl (C=O) groups excluding carboxylic acids is 1. The number of nitrogens with zero attached hydrogens (tertiary/aromatic N) is 2. The Morgan fingerprint density at radius 3 is 2.64 bits per heavy atom. The molecule has 3 atom stereocenters. The summed E-state index contributed by atoms with van der Waals surface area (Å²) in [4.78, 5) is 16.1. The third kappa shape index (κ3) is 4.08. The predicted octanol–water partition coefficient (Wildman–Crippen LogP) is 1.98. The van der Waals surface area contributed by atoms with Crippen LogP contribution in [0.4, 0.5) is 0 Å². The SMILES string of the molecule is Cc1cccc([C@H]2CC[C@H](N)[C@@H](N(C)C(=O)CN(C)C)C2)c1. The van der Waals surface area contributed by atoms with E-state index in [1.165, 1.54) is 11.1 Å². The summed E-state index contributed by atoms with van der Waals surface area (Å²) in [6.07, 6.45) is 3.04. The van der Waals surface area contributed by atoms with Crippen LogP contribution in [0.2, 0.25) is 0 Å². The zero-order valence-electron chi connectivity index (χ0n) is 14.2. The Balaban J connectivity index is 2.09. The summed E-state index contributed by atoms with van der Waals surface area (Å²) in [5.74, 6) is 0.648. The summed E-state index contributed by atoms with van der Waals surface area (Å²) in [5, 5.41) is 0. The van der Waals surface area contributed by atoms with Crippen molar-refractivity contribution in [1.29, 1.82) is 0 Å². The Bertz CT molecular complexity index is 515. The van der Waals surface area contributed by atoms with Crippen LogP contribution in [0.3, 0.4) is 0 Å². The molecule has 1 fully saturated rings. The first-order valence-electron chi connectivity index (χ1n) is 8.11. The maximum absolute atomic E-state index is 12.3. The molecule has 1 aromatic rings. The highest BCUT2D eigenvalue weighted by atomic mass is 16.2. The van der Waals surface area contributed by atoms with Crippen molar-refractivity contribution >= 4 is 5.91 Å². The molecule has 1 aliphatic rings. The standard InChI is InChI=1S/C18H29N3O/c1-13-6-5-7-14(10-13)15-8-9-16(19)17(11-15)21(4)18(22)12-20(2)3/h5-7,10,15-17H,8-9,11-12,19H2,1-4H3/t15-,16-,17-/m0/s1.